The minimum Gasteiger partial charge on any atom is -0.496 e. The lowest BCUT2D eigenvalue weighted by Gasteiger charge is -2.31. The number of para-hydroxylation sites is 1. The van der Waals surface area contributed by atoms with Crippen molar-refractivity contribution in [2.24, 2.45) is 4.99 Å². The van der Waals surface area contributed by atoms with Gasteiger partial charge in [0.25, 0.3) is 5.56 Å². The van der Waals surface area contributed by atoms with E-state index in [9.17, 15) is 9.59 Å². The summed E-state index contributed by atoms with van der Waals surface area (Å²) < 4.78 is 24.2. The van der Waals surface area contributed by atoms with E-state index < -0.39 is 5.97 Å². The molecule has 4 aromatic rings. The van der Waals surface area contributed by atoms with E-state index in [1.165, 1.54) is 24.0 Å². The van der Waals surface area contributed by atoms with Gasteiger partial charge in [-0.2, -0.15) is 0 Å². The predicted molar refractivity (Wildman–Crippen MR) is 161 cm³/mol. The molecule has 1 aromatic heterocycles. The highest BCUT2D eigenvalue weighted by Gasteiger charge is 2.34. The number of aryl methyl sites for hydroxylation is 1. The monoisotopic (exact) mass is 582 g/mol. The van der Waals surface area contributed by atoms with Crippen LogP contribution in [0.1, 0.15) is 41.6 Å². The molecule has 1 aliphatic heterocycles. The molecule has 0 amide bonds. The first-order valence-electron chi connectivity index (χ1n) is 13.7. The zero-order valence-electron chi connectivity index (χ0n) is 23.6. The number of nitrogens with zero attached hydrogens (tertiary/aromatic N) is 2. The van der Waals surface area contributed by atoms with Crippen molar-refractivity contribution in [3.05, 3.63) is 114 Å². The fraction of sp³-hybridized carbons (Fsp3) is 0.242. The van der Waals surface area contributed by atoms with E-state index in [-0.39, 0.29) is 18.2 Å². The number of rotatable bonds is 8. The van der Waals surface area contributed by atoms with Crippen LogP contribution in [0.3, 0.4) is 0 Å². The van der Waals surface area contributed by atoms with Gasteiger partial charge in [0.1, 0.15) is 5.75 Å². The summed E-state index contributed by atoms with van der Waals surface area (Å²) in [6.07, 6.45) is 3.52. The van der Waals surface area contributed by atoms with Crippen LogP contribution in [-0.4, -0.2) is 38.0 Å². The molecule has 9 heteroatoms. The maximum atomic E-state index is 14.1. The number of esters is 1. The fourth-order valence-corrected chi connectivity index (χ4v) is 6.54. The molecule has 1 unspecified atom stereocenters. The number of allylic oxidation sites excluding steroid dienone is 1. The van der Waals surface area contributed by atoms with Crippen LogP contribution in [-0.2, 0) is 16.0 Å². The number of hydrogen-bond donors (Lipinski definition) is 0. The van der Waals surface area contributed by atoms with Crippen LogP contribution < -0.4 is 29.1 Å². The maximum Gasteiger partial charge on any atom is 0.343 e. The van der Waals surface area contributed by atoms with Crippen molar-refractivity contribution in [1.82, 2.24) is 4.57 Å². The normalized spacial score (nSPS) is 15.7. The highest BCUT2D eigenvalue weighted by Crippen LogP contribution is 2.43. The van der Waals surface area contributed by atoms with E-state index in [4.69, 9.17) is 19.2 Å². The van der Waals surface area contributed by atoms with Crippen molar-refractivity contribution in [3.63, 3.8) is 0 Å². The average molecular weight is 583 g/mol. The molecule has 8 nitrogen and oxygen atoms in total. The van der Waals surface area contributed by atoms with Gasteiger partial charge in [-0.1, -0.05) is 59.9 Å². The standard InChI is InChI=1S/C33H30N2O6S/c1-4-40-27-17-20(13-16-26(27)41-19-29(36)39-3)18-28-32(37)35-31(23-11-7-8-12-25(23)38-2)24-15-14-21-9-5-6-10-22(21)30(24)34-33(35)42-28/h5-13,16-18,31H,4,14-15,19H2,1-3H3. The summed E-state index contributed by atoms with van der Waals surface area (Å²) in [6, 6.07) is 21.2. The largest absolute Gasteiger partial charge is 0.496 e. The van der Waals surface area contributed by atoms with Gasteiger partial charge in [0.15, 0.2) is 22.9 Å². The van der Waals surface area contributed by atoms with Gasteiger partial charge < -0.3 is 18.9 Å². The Balaban J connectivity index is 1.50. The summed E-state index contributed by atoms with van der Waals surface area (Å²) in [7, 11) is 2.96. The molecular formula is C33H30N2O6S. The zero-order chi connectivity index (χ0) is 29.2. The van der Waals surface area contributed by atoms with E-state index >= 15 is 0 Å². The second kappa shape index (κ2) is 11.7. The van der Waals surface area contributed by atoms with E-state index in [0.717, 1.165) is 46.6 Å². The van der Waals surface area contributed by atoms with Gasteiger partial charge in [0, 0.05) is 11.1 Å². The number of carbonyl (C=O) groups excluding carboxylic acids is 1. The number of hydrogen-bond acceptors (Lipinski definition) is 8. The molecule has 0 bridgehead atoms. The first-order valence-corrected chi connectivity index (χ1v) is 14.6. The molecule has 2 aliphatic rings. The molecule has 1 atom stereocenters. The lowest BCUT2D eigenvalue weighted by Crippen LogP contribution is -2.39. The van der Waals surface area contributed by atoms with Crippen LogP contribution >= 0.6 is 11.3 Å². The minimum absolute atomic E-state index is 0.121. The Labute approximate surface area is 246 Å². The Morgan fingerprint density at radius 3 is 2.62 bits per heavy atom. The summed E-state index contributed by atoms with van der Waals surface area (Å²) in [5.74, 6) is 1.14. The van der Waals surface area contributed by atoms with Gasteiger partial charge in [-0.3, -0.25) is 9.36 Å². The SMILES string of the molecule is CCOc1cc(C=c2sc3n(c2=O)C(c2ccccc2OC)C2=C(N=3)c3ccccc3CC2)ccc1OCC(=O)OC. The third-order valence-corrected chi connectivity index (χ3v) is 8.43. The molecule has 0 fully saturated rings. The molecule has 2 heterocycles. The number of methoxy groups -OCH3 is 2. The highest BCUT2D eigenvalue weighted by atomic mass is 32.1. The van der Waals surface area contributed by atoms with Crippen LogP contribution in [0.5, 0.6) is 17.2 Å². The van der Waals surface area contributed by atoms with Crippen LogP contribution in [0.4, 0.5) is 0 Å². The molecule has 0 saturated carbocycles. The summed E-state index contributed by atoms with van der Waals surface area (Å²) in [5.41, 5.74) is 5.99. The van der Waals surface area contributed by atoms with Crippen LogP contribution in [0.25, 0.3) is 11.8 Å². The van der Waals surface area contributed by atoms with Gasteiger partial charge in [0.2, 0.25) is 0 Å². The van der Waals surface area contributed by atoms with Gasteiger partial charge in [-0.05, 0) is 60.7 Å². The summed E-state index contributed by atoms with van der Waals surface area (Å²) >= 11 is 1.36. The van der Waals surface area contributed by atoms with Gasteiger partial charge >= 0.3 is 5.97 Å². The molecule has 1 aliphatic carbocycles. The first-order chi connectivity index (χ1) is 20.5. The number of thiazole rings is 1. The Bertz CT molecular complexity index is 1890. The Kier molecular flexibility index (Phi) is 7.67. The van der Waals surface area contributed by atoms with E-state index in [0.29, 0.717) is 27.4 Å². The third-order valence-electron chi connectivity index (χ3n) is 7.45. The van der Waals surface area contributed by atoms with Crippen LogP contribution in [0.15, 0.2) is 82.1 Å². The maximum absolute atomic E-state index is 14.1. The van der Waals surface area contributed by atoms with Gasteiger partial charge in [-0.15, -0.1) is 0 Å². The number of ether oxygens (including phenoxy) is 4. The number of benzene rings is 3. The molecular weight excluding hydrogens is 552 g/mol. The molecule has 0 N–H and O–H groups in total. The van der Waals surface area contributed by atoms with E-state index in [1.807, 2.05) is 49.4 Å². The van der Waals surface area contributed by atoms with Crippen molar-refractivity contribution in [3.8, 4) is 17.2 Å². The summed E-state index contributed by atoms with van der Waals surface area (Å²) in [6.45, 7) is 2.05. The van der Waals surface area contributed by atoms with Crippen molar-refractivity contribution >= 4 is 29.1 Å². The quantitative estimate of drug-likeness (QED) is 0.288. The van der Waals surface area contributed by atoms with Crippen LogP contribution in [0, 0.1) is 0 Å². The molecule has 42 heavy (non-hydrogen) atoms. The van der Waals surface area contributed by atoms with Crippen molar-refractivity contribution in [1.29, 1.82) is 0 Å². The van der Waals surface area contributed by atoms with E-state index in [2.05, 4.69) is 22.9 Å². The number of fused-ring (bicyclic) bond motifs is 3. The predicted octanol–water partition coefficient (Wildman–Crippen LogP) is 4.28. The van der Waals surface area contributed by atoms with Gasteiger partial charge in [0.05, 0.1) is 37.1 Å². The molecule has 0 radical (unpaired) electrons. The van der Waals surface area contributed by atoms with Gasteiger partial charge in [-0.25, -0.2) is 9.79 Å². The Hall–Kier alpha value is -4.63. The van der Waals surface area contributed by atoms with E-state index in [1.54, 1.807) is 23.8 Å². The third kappa shape index (κ3) is 5.00. The fourth-order valence-electron chi connectivity index (χ4n) is 5.54. The lowest BCUT2D eigenvalue weighted by molar-refractivity contribution is -0.142. The average Bonchev–Trinajstić information content (AvgIpc) is 3.33. The lowest BCUT2D eigenvalue weighted by atomic mass is 9.83. The van der Waals surface area contributed by atoms with Crippen molar-refractivity contribution in [2.45, 2.75) is 25.8 Å². The molecule has 3 aromatic carbocycles. The molecule has 0 saturated heterocycles. The van der Waals surface area contributed by atoms with Crippen LogP contribution in [0.2, 0.25) is 0 Å². The minimum atomic E-state index is -0.488. The van der Waals surface area contributed by atoms with Crippen molar-refractivity contribution < 1.29 is 23.7 Å². The molecule has 214 valence electrons. The topological polar surface area (TPSA) is 88.4 Å². The summed E-state index contributed by atoms with van der Waals surface area (Å²) in [4.78, 5) is 31.4. The molecule has 0 spiro atoms. The first kappa shape index (κ1) is 27.5. The second-order valence-corrected chi connectivity index (χ2v) is 10.9. The second-order valence-electron chi connectivity index (χ2n) is 9.86. The number of carbonyl (C=O) groups is 1. The smallest absolute Gasteiger partial charge is 0.343 e. The number of aromatic nitrogens is 1. The Morgan fingerprint density at radius 2 is 1.81 bits per heavy atom. The Morgan fingerprint density at radius 1 is 1.00 bits per heavy atom. The van der Waals surface area contributed by atoms with Crippen molar-refractivity contribution in [2.75, 3.05) is 27.4 Å². The summed E-state index contributed by atoms with van der Waals surface area (Å²) in [5, 5.41) is 0. The highest BCUT2D eigenvalue weighted by molar-refractivity contribution is 7.07. The zero-order valence-corrected chi connectivity index (χ0v) is 24.4. The molecule has 6 rings (SSSR count).